The van der Waals surface area contributed by atoms with Crippen molar-refractivity contribution in [3.8, 4) is 11.3 Å². The molecule has 2 aliphatic heterocycles. The number of hydrogen-bond acceptors (Lipinski definition) is 8. The third kappa shape index (κ3) is 5.21. The predicted octanol–water partition coefficient (Wildman–Crippen LogP) is 3.42. The van der Waals surface area contributed by atoms with Gasteiger partial charge in [0.15, 0.2) is 0 Å². The monoisotopic (exact) mass is 454 g/mol. The number of imide groups is 1. The van der Waals surface area contributed by atoms with E-state index in [1.807, 2.05) is 0 Å². The lowest BCUT2D eigenvalue weighted by Crippen LogP contribution is -2.38. The molecule has 0 N–H and O–H groups in total. The number of non-ortho nitro benzene ring substituents is 1. The van der Waals surface area contributed by atoms with Crippen molar-refractivity contribution in [3.05, 3.63) is 63.2 Å². The minimum Gasteiger partial charge on any atom is -0.379 e. The van der Waals surface area contributed by atoms with Crippen molar-refractivity contribution in [3.63, 3.8) is 0 Å². The van der Waals surface area contributed by atoms with E-state index in [0.717, 1.165) is 56.6 Å². The number of morpholine rings is 1. The van der Waals surface area contributed by atoms with Gasteiger partial charge >= 0.3 is 0 Å². The van der Waals surface area contributed by atoms with Gasteiger partial charge in [0.05, 0.1) is 34.4 Å². The molecule has 0 aliphatic carbocycles. The van der Waals surface area contributed by atoms with Gasteiger partial charge in [0.1, 0.15) is 0 Å². The number of benzene rings is 1. The van der Waals surface area contributed by atoms with Crippen molar-refractivity contribution in [2.45, 2.75) is 6.42 Å². The number of thioether (sulfide) groups is 1. The van der Waals surface area contributed by atoms with E-state index in [2.05, 4.69) is 9.88 Å². The van der Waals surface area contributed by atoms with E-state index in [4.69, 9.17) is 4.74 Å². The van der Waals surface area contributed by atoms with Crippen LogP contribution in [0.25, 0.3) is 17.3 Å². The van der Waals surface area contributed by atoms with Gasteiger partial charge in [-0.15, -0.1) is 0 Å². The fraction of sp³-hybridized carbons (Fsp3) is 0.318. The fourth-order valence-electron chi connectivity index (χ4n) is 3.55. The highest BCUT2D eigenvalue weighted by atomic mass is 32.2. The molecule has 32 heavy (non-hydrogen) atoms. The van der Waals surface area contributed by atoms with E-state index < -0.39 is 4.92 Å². The Morgan fingerprint density at radius 1 is 1.09 bits per heavy atom. The Bertz CT molecular complexity index is 1050. The number of nitrogens with zero attached hydrogens (tertiary/aromatic N) is 4. The molecule has 2 amide bonds. The maximum atomic E-state index is 12.7. The van der Waals surface area contributed by atoms with Crippen molar-refractivity contribution in [1.82, 2.24) is 14.8 Å². The van der Waals surface area contributed by atoms with Crippen LogP contribution in [0.4, 0.5) is 10.5 Å². The topological polar surface area (TPSA) is 106 Å². The summed E-state index contributed by atoms with van der Waals surface area (Å²) in [5.74, 6) is -0.301. The summed E-state index contributed by atoms with van der Waals surface area (Å²) >= 11 is 0.919. The average molecular weight is 455 g/mol. The molecule has 2 aliphatic rings. The molecule has 1 aromatic heterocycles. The Morgan fingerprint density at radius 2 is 1.84 bits per heavy atom. The molecule has 1 aromatic carbocycles. The van der Waals surface area contributed by atoms with E-state index in [0.29, 0.717) is 22.8 Å². The van der Waals surface area contributed by atoms with Crippen LogP contribution in [0, 0.1) is 10.1 Å². The van der Waals surface area contributed by atoms with Crippen LogP contribution in [0.1, 0.15) is 12.1 Å². The molecule has 0 unspecified atom stereocenters. The van der Waals surface area contributed by atoms with Crippen LogP contribution in [0.15, 0.2) is 47.4 Å². The van der Waals surface area contributed by atoms with Crippen LogP contribution >= 0.6 is 11.8 Å². The second-order valence-corrected chi connectivity index (χ2v) is 8.39. The molecule has 2 aromatic rings. The van der Waals surface area contributed by atoms with Gasteiger partial charge in [0, 0.05) is 43.9 Å². The van der Waals surface area contributed by atoms with Crippen LogP contribution in [-0.4, -0.2) is 70.2 Å². The van der Waals surface area contributed by atoms with Crippen molar-refractivity contribution >= 4 is 34.7 Å². The van der Waals surface area contributed by atoms with Gasteiger partial charge in [-0.05, 0) is 48.5 Å². The molecule has 4 rings (SSSR count). The summed E-state index contributed by atoms with van der Waals surface area (Å²) in [6.45, 7) is 4.39. The van der Waals surface area contributed by atoms with Crippen molar-refractivity contribution < 1.29 is 19.2 Å². The summed E-state index contributed by atoms with van der Waals surface area (Å²) < 4.78 is 5.33. The number of nitro groups is 1. The van der Waals surface area contributed by atoms with Crippen LogP contribution in [0.3, 0.4) is 0 Å². The Labute approximate surface area is 189 Å². The summed E-state index contributed by atoms with van der Waals surface area (Å²) in [7, 11) is 0. The summed E-state index contributed by atoms with van der Waals surface area (Å²) in [5.41, 5.74) is 1.90. The number of carbonyl (C=O) groups is 2. The second kappa shape index (κ2) is 10.0. The molecule has 0 atom stereocenters. The molecular weight excluding hydrogens is 432 g/mol. The zero-order valence-corrected chi connectivity index (χ0v) is 18.1. The fourth-order valence-corrected chi connectivity index (χ4v) is 4.40. The van der Waals surface area contributed by atoms with Gasteiger partial charge in [-0.25, -0.2) is 4.98 Å². The summed E-state index contributed by atoms with van der Waals surface area (Å²) in [5, 5.41) is 10.6. The number of amides is 2. The highest BCUT2D eigenvalue weighted by Crippen LogP contribution is 2.32. The molecule has 0 radical (unpaired) electrons. The molecule has 166 valence electrons. The third-order valence-corrected chi connectivity index (χ3v) is 6.16. The Morgan fingerprint density at radius 3 is 2.56 bits per heavy atom. The Hall–Kier alpha value is -3.08. The highest BCUT2D eigenvalue weighted by molar-refractivity contribution is 8.18. The maximum Gasteiger partial charge on any atom is 0.293 e. The number of rotatable bonds is 7. The summed E-state index contributed by atoms with van der Waals surface area (Å²) in [4.78, 5) is 43.9. The van der Waals surface area contributed by atoms with Crippen LogP contribution in [0.2, 0.25) is 0 Å². The van der Waals surface area contributed by atoms with Gasteiger partial charge in [-0.3, -0.25) is 29.5 Å². The van der Waals surface area contributed by atoms with E-state index >= 15 is 0 Å². The number of nitro benzene ring substituents is 1. The Balaban J connectivity index is 1.42. The summed E-state index contributed by atoms with van der Waals surface area (Å²) in [6, 6.07) is 11.4. The first-order valence-electron chi connectivity index (χ1n) is 10.3. The quantitative estimate of drug-likeness (QED) is 0.356. The molecule has 3 heterocycles. The molecule has 9 nitrogen and oxygen atoms in total. The Kier molecular flexibility index (Phi) is 6.93. The maximum absolute atomic E-state index is 12.7. The highest BCUT2D eigenvalue weighted by Gasteiger charge is 2.34. The molecule has 0 bridgehead atoms. The predicted molar refractivity (Wildman–Crippen MR) is 121 cm³/mol. The van der Waals surface area contributed by atoms with Gasteiger partial charge in [0.25, 0.3) is 16.8 Å². The number of ether oxygens (including phenoxy) is 1. The van der Waals surface area contributed by atoms with Crippen LogP contribution < -0.4 is 0 Å². The molecule has 2 fully saturated rings. The standard InChI is InChI=1S/C22H22N4O5S/c27-21-20(32-22(28)25(21)10-2-9-24-11-13-31-14-12-24)15-17-3-1-4-19(23-17)16-5-7-18(8-6-16)26(29)30/h1,3-8,15H,2,9-14H2/b20-15-. The molecule has 0 saturated carbocycles. The summed E-state index contributed by atoms with van der Waals surface area (Å²) in [6.07, 6.45) is 2.33. The van der Waals surface area contributed by atoms with E-state index in [-0.39, 0.29) is 16.8 Å². The van der Waals surface area contributed by atoms with E-state index in [1.54, 1.807) is 36.4 Å². The minimum atomic E-state index is -0.454. The number of pyridine rings is 1. The second-order valence-electron chi connectivity index (χ2n) is 7.39. The smallest absolute Gasteiger partial charge is 0.293 e. The van der Waals surface area contributed by atoms with Crippen molar-refractivity contribution in [1.29, 1.82) is 0 Å². The number of carbonyl (C=O) groups excluding carboxylic acids is 2. The first kappa shape index (κ1) is 22.1. The lowest BCUT2D eigenvalue weighted by Gasteiger charge is -2.26. The zero-order valence-electron chi connectivity index (χ0n) is 17.3. The van der Waals surface area contributed by atoms with E-state index in [1.165, 1.54) is 17.0 Å². The number of aromatic nitrogens is 1. The third-order valence-electron chi connectivity index (χ3n) is 5.26. The molecule has 2 saturated heterocycles. The van der Waals surface area contributed by atoms with E-state index in [9.17, 15) is 19.7 Å². The number of hydrogen-bond donors (Lipinski definition) is 0. The zero-order chi connectivity index (χ0) is 22.5. The van der Waals surface area contributed by atoms with Crippen molar-refractivity contribution in [2.75, 3.05) is 39.4 Å². The molecule has 10 heteroatoms. The van der Waals surface area contributed by atoms with Gasteiger partial charge in [-0.2, -0.15) is 0 Å². The lowest BCUT2D eigenvalue weighted by molar-refractivity contribution is -0.384. The van der Waals surface area contributed by atoms with Crippen LogP contribution in [-0.2, 0) is 9.53 Å². The van der Waals surface area contributed by atoms with Gasteiger partial charge in [0.2, 0.25) is 0 Å². The first-order valence-corrected chi connectivity index (χ1v) is 11.1. The lowest BCUT2D eigenvalue weighted by atomic mass is 10.1. The van der Waals surface area contributed by atoms with Gasteiger partial charge < -0.3 is 4.74 Å². The molecular formula is C22H22N4O5S. The van der Waals surface area contributed by atoms with Crippen molar-refractivity contribution in [2.24, 2.45) is 0 Å². The normalized spacial score (nSPS) is 18.5. The minimum absolute atomic E-state index is 0.00667. The van der Waals surface area contributed by atoms with Crippen LogP contribution in [0.5, 0.6) is 0 Å². The largest absolute Gasteiger partial charge is 0.379 e. The SMILES string of the molecule is O=C1S/C(=C\c2cccc(-c3ccc([N+](=O)[O-])cc3)n2)C(=O)N1CCCN1CCOCC1. The van der Waals surface area contributed by atoms with Gasteiger partial charge in [-0.1, -0.05) is 6.07 Å². The molecule has 0 spiro atoms. The first-order chi connectivity index (χ1) is 15.5. The average Bonchev–Trinajstić information content (AvgIpc) is 3.07.